The van der Waals surface area contributed by atoms with Crippen LogP contribution < -0.4 is 0 Å². The van der Waals surface area contributed by atoms with Gasteiger partial charge in [0.1, 0.15) is 6.61 Å². The summed E-state index contributed by atoms with van der Waals surface area (Å²) in [5.74, 6) is -0.785. The van der Waals surface area contributed by atoms with Crippen molar-refractivity contribution < 1.29 is 38.6 Å². The SMILES string of the molecule is C=CC(=O)OCC(CO)(CO)COP(=O)(O)O. The van der Waals surface area contributed by atoms with Crippen molar-refractivity contribution in [3.8, 4) is 0 Å². The third-order valence-corrected chi connectivity index (χ3v) is 2.36. The van der Waals surface area contributed by atoms with Gasteiger partial charge < -0.3 is 24.7 Å². The van der Waals surface area contributed by atoms with Gasteiger partial charge in [0.15, 0.2) is 0 Å². The Balaban J connectivity index is 4.49. The van der Waals surface area contributed by atoms with E-state index in [0.717, 1.165) is 6.08 Å². The number of ether oxygens (including phenoxy) is 1. The lowest BCUT2D eigenvalue weighted by molar-refractivity contribution is -0.145. The van der Waals surface area contributed by atoms with E-state index in [-0.39, 0.29) is 0 Å². The van der Waals surface area contributed by atoms with Crippen LogP contribution in [-0.4, -0.2) is 52.4 Å². The van der Waals surface area contributed by atoms with Crippen LogP contribution >= 0.6 is 7.82 Å². The second kappa shape index (κ2) is 6.85. The van der Waals surface area contributed by atoms with E-state index >= 15 is 0 Å². The molecule has 0 radical (unpaired) electrons. The third kappa shape index (κ3) is 6.52. The molecule has 0 aliphatic heterocycles. The maximum Gasteiger partial charge on any atom is 0.469 e. The number of carbonyl (C=O) groups is 1. The largest absolute Gasteiger partial charge is 0.469 e. The summed E-state index contributed by atoms with van der Waals surface area (Å²) >= 11 is 0. The summed E-state index contributed by atoms with van der Waals surface area (Å²) in [6.45, 7) is 0.686. The lowest BCUT2D eigenvalue weighted by Gasteiger charge is -2.28. The van der Waals surface area contributed by atoms with Crippen molar-refractivity contribution in [3.63, 3.8) is 0 Å². The lowest BCUT2D eigenvalue weighted by atomic mass is 9.93. The first-order valence-corrected chi connectivity index (χ1v) is 6.02. The zero-order chi connectivity index (χ0) is 13.5. The van der Waals surface area contributed by atoms with E-state index in [2.05, 4.69) is 15.8 Å². The van der Waals surface area contributed by atoms with Gasteiger partial charge in [0.25, 0.3) is 0 Å². The van der Waals surface area contributed by atoms with Crippen molar-refractivity contribution in [1.82, 2.24) is 0 Å². The van der Waals surface area contributed by atoms with Crippen LogP contribution in [0.15, 0.2) is 12.7 Å². The fourth-order valence-corrected chi connectivity index (χ4v) is 1.22. The summed E-state index contributed by atoms with van der Waals surface area (Å²) < 4.78 is 19.3. The average molecular weight is 270 g/mol. The molecule has 0 aromatic heterocycles. The van der Waals surface area contributed by atoms with Gasteiger partial charge in [0.2, 0.25) is 0 Å². The van der Waals surface area contributed by atoms with Crippen LogP contribution in [0, 0.1) is 5.41 Å². The molecule has 0 amide bonds. The van der Waals surface area contributed by atoms with E-state index in [9.17, 15) is 9.36 Å². The smallest absolute Gasteiger partial charge is 0.462 e. The minimum absolute atomic E-state index is 0.454. The minimum Gasteiger partial charge on any atom is -0.462 e. The topological polar surface area (TPSA) is 134 Å². The molecule has 0 unspecified atom stereocenters. The van der Waals surface area contributed by atoms with Gasteiger partial charge in [-0.2, -0.15) is 0 Å². The Kier molecular flexibility index (Phi) is 6.54. The highest BCUT2D eigenvalue weighted by Gasteiger charge is 2.34. The predicted octanol–water partition coefficient (Wildman–Crippen LogP) is -1.20. The van der Waals surface area contributed by atoms with Gasteiger partial charge in [-0.05, 0) is 0 Å². The molecule has 100 valence electrons. The van der Waals surface area contributed by atoms with Crippen LogP contribution in [0.5, 0.6) is 0 Å². The number of carbonyl (C=O) groups excluding carboxylic acids is 1. The molecule has 9 heteroatoms. The summed E-state index contributed by atoms with van der Waals surface area (Å²) in [6, 6.07) is 0. The molecule has 0 aliphatic rings. The van der Waals surface area contributed by atoms with Crippen molar-refractivity contribution in [2.45, 2.75) is 0 Å². The highest BCUT2D eigenvalue weighted by Crippen LogP contribution is 2.38. The molecule has 0 spiro atoms. The first-order chi connectivity index (χ1) is 7.78. The van der Waals surface area contributed by atoms with Gasteiger partial charge in [0.05, 0.1) is 25.2 Å². The molecular formula is C8H15O8P. The number of rotatable bonds is 8. The molecule has 17 heavy (non-hydrogen) atoms. The first-order valence-electron chi connectivity index (χ1n) is 4.49. The van der Waals surface area contributed by atoms with E-state index in [0.29, 0.717) is 0 Å². The summed E-state index contributed by atoms with van der Waals surface area (Å²) in [7, 11) is -4.73. The number of hydrogen-bond acceptors (Lipinski definition) is 6. The molecule has 0 atom stereocenters. The molecule has 0 aromatic carbocycles. The van der Waals surface area contributed by atoms with E-state index in [4.69, 9.17) is 20.0 Å². The molecule has 0 rings (SSSR count). The fourth-order valence-electron chi connectivity index (χ4n) is 0.778. The highest BCUT2D eigenvalue weighted by molar-refractivity contribution is 7.46. The number of esters is 1. The van der Waals surface area contributed by atoms with Crippen LogP contribution in [0.1, 0.15) is 0 Å². The Morgan fingerprint density at radius 3 is 2.18 bits per heavy atom. The Bertz CT molecular complexity index is 305. The van der Waals surface area contributed by atoms with Crippen LogP contribution in [0.4, 0.5) is 0 Å². The van der Waals surface area contributed by atoms with Crippen LogP contribution in [0.2, 0.25) is 0 Å². The van der Waals surface area contributed by atoms with Gasteiger partial charge in [-0.25, -0.2) is 9.36 Å². The van der Waals surface area contributed by atoms with Gasteiger partial charge >= 0.3 is 13.8 Å². The van der Waals surface area contributed by atoms with Crippen molar-refractivity contribution in [3.05, 3.63) is 12.7 Å². The van der Waals surface area contributed by atoms with Crippen LogP contribution in [0.25, 0.3) is 0 Å². The molecule has 8 nitrogen and oxygen atoms in total. The minimum atomic E-state index is -4.73. The molecule has 4 N–H and O–H groups in total. The van der Waals surface area contributed by atoms with Crippen molar-refractivity contribution in [2.75, 3.05) is 26.4 Å². The highest BCUT2D eigenvalue weighted by atomic mass is 31.2. The lowest BCUT2D eigenvalue weighted by Crippen LogP contribution is -2.40. The van der Waals surface area contributed by atoms with E-state index in [1.807, 2.05) is 0 Å². The fraction of sp³-hybridized carbons (Fsp3) is 0.625. The Labute approximate surface area is 97.7 Å². The maximum absolute atomic E-state index is 10.8. The molecular weight excluding hydrogens is 255 g/mol. The number of aliphatic hydroxyl groups excluding tert-OH is 2. The van der Waals surface area contributed by atoms with Gasteiger partial charge in [-0.15, -0.1) is 0 Å². The Hall–Kier alpha value is -0.760. The van der Waals surface area contributed by atoms with Crippen molar-refractivity contribution in [2.24, 2.45) is 5.41 Å². The van der Waals surface area contributed by atoms with Gasteiger partial charge in [-0.1, -0.05) is 6.58 Å². The number of phosphoric acid groups is 1. The van der Waals surface area contributed by atoms with Crippen LogP contribution in [0.3, 0.4) is 0 Å². The number of hydrogen-bond donors (Lipinski definition) is 4. The molecule has 0 aliphatic carbocycles. The van der Waals surface area contributed by atoms with Crippen LogP contribution in [-0.2, 0) is 18.6 Å². The Morgan fingerprint density at radius 1 is 1.29 bits per heavy atom. The second-order valence-electron chi connectivity index (χ2n) is 3.39. The standard InChI is InChI=1S/C8H15O8P/c1-2-7(11)15-5-8(3-9,4-10)6-16-17(12,13)14/h2,9-10H,1,3-6H2,(H2,12,13,14). The third-order valence-electron chi connectivity index (χ3n) is 1.90. The molecule has 0 aromatic rings. The summed E-state index contributed by atoms with van der Waals surface area (Å²) in [6.07, 6.45) is 0.878. The summed E-state index contributed by atoms with van der Waals surface area (Å²) in [5.41, 5.74) is -1.47. The normalized spacial score (nSPS) is 12.2. The molecule has 0 saturated carbocycles. The monoisotopic (exact) mass is 270 g/mol. The average Bonchev–Trinajstić information content (AvgIpc) is 2.28. The molecule has 0 saturated heterocycles. The molecule has 0 fully saturated rings. The summed E-state index contributed by atoms with van der Waals surface area (Å²) in [4.78, 5) is 27.8. The van der Waals surface area contributed by atoms with Gasteiger partial charge in [-0.3, -0.25) is 4.52 Å². The van der Waals surface area contributed by atoms with E-state index < -0.39 is 45.6 Å². The van der Waals surface area contributed by atoms with E-state index in [1.165, 1.54) is 0 Å². The number of phosphoric ester groups is 1. The molecule has 0 heterocycles. The van der Waals surface area contributed by atoms with Crippen molar-refractivity contribution >= 4 is 13.8 Å². The second-order valence-corrected chi connectivity index (χ2v) is 4.63. The zero-order valence-electron chi connectivity index (χ0n) is 8.98. The first kappa shape index (κ1) is 16.2. The van der Waals surface area contributed by atoms with E-state index in [1.54, 1.807) is 0 Å². The van der Waals surface area contributed by atoms with Crippen molar-refractivity contribution in [1.29, 1.82) is 0 Å². The maximum atomic E-state index is 10.8. The summed E-state index contributed by atoms with van der Waals surface area (Å²) in [5, 5.41) is 18.1. The quantitative estimate of drug-likeness (QED) is 0.245. The molecule has 0 bridgehead atoms. The Morgan fingerprint density at radius 2 is 1.82 bits per heavy atom. The number of aliphatic hydroxyl groups is 2. The zero-order valence-corrected chi connectivity index (χ0v) is 9.88. The van der Waals surface area contributed by atoms with Gasteiger partial charge in [0, 0.05) is 6.08 Å². The predicted molar refractivity (Wildman–Crippen MR) is 55.8 cm³/mol.